The molecule has 1 saturated heterocycles. The minimum absolute atomic E-state index is 0.0118. The number of aryl methyl sites for hydroxylation is 1. The maximum absolute atomic E-state index is 12.8. The van der Waals surface area contributed by atoms with Crippen molar-refractivity contribution >= 4 is 16.7 Å². The Morgan fingerprint density at radius 3 is 2.58 bits per heavy atom. The summed E-state index contributed by atoms with van der Waals surface area (Å²) < 4.78 is 32.5. The van der Waals surface area contributed by atoms with E-state index in [-0.39, 0.29) is 36.1 Å². The van der Waals surface area contributed by atoms with Crippen molar-refractivity contribution in [1.29, 1.82) is 5.26 Å². The monoisotopic (exact) mass is 499 g/mol. The Hall–Kier alpha value is -3.52. The molecule has 36 heavy (non-hydrogen) atoms. The van der Waals surface area contributed by atoms with Crippen LogP contribution in [0.4, 0.5) is 14.5 Å². The van der Waals surface area contributed by atoms with Gasteiger partial charge in [0.2, 0.25) is 5.88 Å². The number of anilines is 1. The van der Waals surface area contributed by atoms with Crippen LogP contribution in [0.25, 0.3) is 11.0 Å². The number of fused-ring (bicyclic) bond motifs is 1. The average Bonchev–Trinajstić information content (AvgIpc) is 3.29. The molecular weight excluding hydrogens is 468 g/mol. The molecule has 3 aromatic rings. The lowest BCUT2D eigenvalue weighted by Crippen LogP contribution is -2.58. The first-order valence-corrected chi connectivity index (χ1v) is 12.1. The van der Waals surface area contributed by atoms with Crippen molar-refractivity contribution in [3.8, 4) is 11.9 Å². The SMILES string of the molecule is CC[C@H]1CN(C(C)c2ccc(OC(F)F)nc2)[C@H](CC)CN1c1cc(=O)n(C)c2cn(CC#N)nc12. The average molecular weight is 500 g/mol. The standard InChI is InChI=1S/C25H31F2N7O2/c1-5-18-14-34(20-11-23(35)31(4)21-15-32(10-9-28)30-24(20)21)19(6-2)13-33(18)16(3)17-7-8-22(29-12-17)36-25(26)27/h7-8,11-12,15-16,18-19,25H,5-6,10,13-14H2,1-4H3/t16?,18-,19+/m1/s1. The number of hydrogen-bond donors (Lipinski definition) is 0. The Kier molecular flexibility index (Phi) is 7.54. The largest absolute Gasteiger partial charge is 0.417 e. The summed E-state index contributed by atoms with van der Waals surface area (Å²) in [6, 6.07) is 7.32. The molecule has 11 heteroatoms. The van der Waals surface area contributed by atoms with E-state index in [9.17, 15) is 13.6 Å². The number of aromatic nitrogens is 4. The van der Waals surface area contributed by atoms with Crippen LogP contribution >= 0.6 is 0 Å². The zero-order valence-electron chi connectivity index (χ0n) is 20.9. The van der Waals surface area contributed by atoms with Gasteiger partial charge < -0.3 is 14.2 Å². The Labute approximate surface area is 208 Å². The Morgan fingerprint density at radius 2 is 1.97 bits per heavy atom. The quantitative estimate of drug-likeness (QED) is 0.467. The van der Waals surface area contributed by atoms with Gasteiger partial charge >= 0.3 is 6.61 Å². The molecule has 0 N–H and O–H groups in total. The van der Waals surface area contributed by atoms with Gasteiger partial charge in [-0.15, -0.1) is 0 Å². The molecule has 192 valence electrons. The van der Waals surface area contributed by atoms with Crippen LogP contribution in [0.3, 0.4) is 0 Å². The Bertz CT molecular complexity index is 1300. The predicted octanol–water partition coefficient (Wildman–Crippen LogP) is 3.70. The van der Waals surface area contributed by atoms with Crippen LogP contribution in [-0.4, -0.2) is 56.0 Å². The van der Waals surface area contributed by atoms with Gasteiger partial charge in [0.05, 0.1) is 23.5 Å². The fourth-order valence-electron chi connectivity index (χ4n) is 5.06. The highest BCUT2D eigenvalue weighted by Crippen LogP contribution is 2.34. The number of ether oxygens (including phenoxy) is 1. The molecular formula is C25H31F2N7O2. The fraction of sp³-hybridized carbons (Fsp3) is 0.520. The first kappa shape index (κ1) is 25.6. The summed E-state index contributed by atoms with van der Waals surface area (Å²) >= 11 is 0. The van der Waals surface area contributed by atoms with Crippen molar-refractivity contribution < 1.29 is 13.5 Å². The molecule has 0 spiro atoms. The number of halogens is 2. The number of alkyl halides is 2. The molecule has 9 nitrogen and oxygen atoms in total. The van der Waals surface area contributed by atoms with Crippen molar-refractivity contribution in [3.05, 3.63) is 46.5 Å². The van der Waals surface area contributed by atoms with E-state index in [4.69, 9.17) is 5.26 Å². The molecule has 3 atom stereocenters. The van der Waals surface area contributed by atoms with Crippen molar-refractivity contribution in [2.24, 2.45) is 7.05 Å². The second-order valence-electron chi connectivity index (χ2n) is 9.10. The third kappa shape index (κ3) is 4.91. The lowest BCUT2D eigenvalue weighted by Gasteiger charge is -2.49. The third-order valence-corrected chi connectivity index (χ3v) is 7.11. The van der Waals surface area contributed by atoms with Crippen molar-refractivity contribution in [2.75, 3.05) is 18.0 Å². The second kappa shape index (κ2) is 10.6. The Morgan fingerprint density at radius 1 is 1.22 bits per heavy atom. The highest BCUT2D eigenvalue weighted by molar-refractivity contribution is 5.88. The fourth-order valence-corrected chi connectivity index (χ4v) is 5.06. The smallest absolute Gasteiger partial charge is 0.388 e. The van der Waals surface area contributed by atoms with E-state index in [0.29, 0.717) is 17.6 Å². The van der Waals surface area contributed by atoms with E-state index in [1.165, 1.54) is 6.07 Å². The minimum Gasteiger partial charge on any atom is -0.417 e. The van der Waals surface area contributed by atoms with Crippen LogP contribution in [-0.2, 0) is 13.6 Å². The van der Waals surface area contributed by atoms with E-state index in [1.54, 1.807) is 40.8 Å². The zero-order chi connectivity index (χ0) is 26.0. The van der Waals surface area contributed by atoms with Crippen LogP contribution in [0, 0.1) is 11.3 Å². The molecule has 3 aromatic heterocycles. The summed E-state index contributed by atoms with van der Waals surface area (Å²) in [4.78, 5) is 21.6. The summed E-state index contributed by atoms with van der Waals surface area (Å²) in [5, 5.41) is 13.8. The van der Waals surface area contributed by atoms with Crippen LogP contribution < -0.4 is 15.2 Å². The first-order chi connectivity index (χ1) is 17.3. The molecule has 0 aromatic carbocycles. The van der Waals surface area contributed by atoms with Gasteiger partial charge in [-0.2, -0.15) is 19.1 Å². The molecule has 1 aliphatic rings. The molecule has 0 saturated carbocycles. The zero-order valence-corrected chi connectivity index (χ0v) is 20.9. The highest BCUT2D eigenvalue weighted by atomic mass is 19.3. The number of pyridine rings is 2. The normalized spacial score (nSPS) is 19.6. The van der Waals surface area contributed by atoms with Gasteiger partial charge in [-0.05, 0) is 25.3 Å². The molecule has 0 aliphatic carbocycles. The van der Waals surface area contributed by atoms with Crippen molar-refractivity contribution in [1.82, 2.24) is 24.2 Å². The lowest BCUT2D eigenvalue weighted by molar-refractivity contribution is -0.0528. The van der Waals surface area contributed by atoms with Gasteiger partial charge in [0.25, 0.3) is 5.56 Å². The molecule has 4 heterocycles. The van der Waals surface area contributed by atoms with Crippen LogP contribution in [0.5, 0.6) is 5.88 Å². The summed E-state index contributed by atoms with van der Waals surface area (Å²) in [6.45, 7) is 5.00. The summed E-state index contributed by atoms with van der Waals surface area (Å²) in [5.74, 6) is -0.102. The number of hydrogen-bond acceptors (Lipinski definition) is 7. The van der Waals surface area contributed by atoms with E-state index < -0.39 is 6.61 Å². The van der Waals surface area contributed by atoms with Crippen molar-refractivity contribution in [2.45, 2.75) is 64.9 Å². The third-order valence-electron chi connectivity index (χ3n) is 7.11. The van der Waals surface area contributed by atoms with Gasteiger partial charge in [0.15, 0.2) is 0 Å². The summed E-state index contributed by atoms with van der Waals surface area (Å²) in [6.07, 6.45) is 5.08. The van der Waals surface area contributed by atoms with Crippen LogP contribution in [0.1, 0.15) is 45.2 Å². The topological polar surface area (TPSA) is 92.2 Å². The second-order valence-corrected chi connectivity index (χ2v) is 9.10. The molecule has 0 radical (unpaired) electrons. The molecule has 1 aliphatic heterocycles. The van der Waals surface area contributed by atoms with E-state index >= 15 is 0 Å². The number of rotatable bonds is 8. The van der Waals surface area contributed by atoms with E-state index in [1.807, 2.05) is 0 Å². The van der Waals surface area contributed by atoms with Crippen LogP contribution in [0.15, 0.2) is 35.4 Å². The van der Waals surface area contributed by atoms with Gasteiger partial charge in [-0.25, -0.2) is 4.98 Å². The van der Waals surface area contributed by atoms with Gasteiger partial charge in [-0.3, -0.25) is 14.4 Å². The van der Waals surface area contributed by atoms with Crippen molar-refractivity contribution in [3.63, 3.8) is 0 Å². The lowest BCUT2D eigenvalue weighted by atomic mass is 9.97. The number of nitrogens with zero attached hydrogens (tertiary/aromatic N) is 7. The van der Waals surface area contributed by atoms with Gasteiger partial charge in [-0.1, -0.05) is 19.9 Å². The number of piperazine rings is 1. The van der Waals surface area contributed by atoms with Gasteiger partial charge in [0.1, 0.15) is 12.1 Å². The molecule has 1 unspecified atom stereocenters. The molecule has 0 bridgehead atoms. The molecule has 4 rings (SSSR count). The first-order valence-electron chi connectivity index (χ1n) is 12.1. The number of nitriles is 1. The van der Waals surface area contributed by atoms with E-state index in [0.717, 1.165) is 30.6 Å². The maximum atomic E-state index is 12.8. The minimum atomic E-state index is -2.91. The van der Waals surface area contributed by atoms with Crippen LogP contribution in [0.2, 0.25) is 0 Å². The molecule has 1 fully saturated rings. The van der Waals surface area contributed by atoms with E-state index in [2.05, 4.69) is 51.5 Å². The predicted molar refractivity (Wildman–Crippen MR) is 132 cm³/mol. The highest BCUT2D eigenvalue weighted by Gasteiger charge is 2.36. The molecule has 0 amide bonds. The maximum Gasteiger partial charge on any atom is 0.388 e. The van der Waals surface area contributed by atoms with Gasteiger partial charge in [0, 0.05) is 56.6 Å². The summed E-state index contributed by atoms with van der Waals surface area (Å²) in [7, 11) is 1.71. The summed E-state index contributed by atoms with van der Waals surface area (Å²) in [5.41, 5.74) is 3.00. The Balaban J connectivity index is 1.65.